The van der Waals surface area contributed by atoms with Crippen molar-refractivity contribution < 1.29 is 18.8 Å². The van der Waals surface area contributed by atoms with E-state index in [0.717, 1.165) is 17.6 Å². The van der Waals surface area contributed by atoms with Crippen LogP contribution in [0.5, 0.6) is 5.75 Å². The summed E-state index contributed by atoms with van der Waals surface area (Å²) in [6.07, 6.45) is 3.43. The van der Waals surface area contributed by atoms with E-state index in [0.29, 0.717) is 0 Å². The number of hydrogen-bond donors (Lipinski definition) is 0. The van der Waals surface area contributed by atoms with E-state index in [1.807, 2.05) is 0 Å². The topological polar surface area (TPSA) is 36.9 Å². The Hall–Kier alpha value is -1.04. The summed E-state index contributed by atoms with van der Waals surface area (Å²) in [4.78, 5) is 0. The van der Waals surface area contributed by atoms with E-state index in [4.69, 9.17) is 18.8 Å². The highest BCUT2D eigenvalue weighted by Crippen LogP contribution is 2.41. The Balaban J connectivity index is 2.08. The quantitative estimate of drug-likeness (QED) is 0.617. The molecule has 1 saturated heterocycles. The van der Waals surface area contributed by atoms with Crippen LogP contribution in [-0.4, -0.2) is 32.2 Å². The van der Waals surface area contributed by atoms with Crippen LogP contribution in [0.25, 0.3) is 0 Å². The molecular weight excluding hydrogens is 315 g/mol. The highest BCUT2D eigenvalue weighted by molar-refractivity contribution is 6.62. The zero-order chi connectivity index (χ0) is 18.5. The summed E-state index contributed by atoms with van der Waals surface area (Å²) in [6.45, 7) is 13.2. The lowest BCUT2D eigenvalue weighted by Gasteiger charge is -2.35. The van der Waals surface area contributed by atoms with Crippen LogP contribution in [0, 0.1) is 0 Å². The van der Waals surface area contributed by atoms with Gasteiger partial charge in [0, 0.05) is 7.11 Å². The average Bonchev–Trinajstić information content (AvgIpc) is 2.72. The second-order valence-electron chi connectivity index (χ2n) is 8.92. The SMILES string of the molecule is COCOc1cc2c(c(B3OC(C)(C)C(C)(C)O3)c1)C(C)(C)CCC2. The molecule has 0 N–H and O–H groups in total. The molecule has 0 atom stereocenters. The van der Waals surface area contributed by atoms with Gasteiger partial charge in [0.1, 0.15) is 5.75 Å². The molecule has 4 nitrogen and oxygen atoms in total. The van der Waals surface area contributed by atoms with Crippen molar-refractivity contribution in [2.24, 2.45) is 0 Å². The fourth-order valence-electron chi connectivity index (χ4n) is 3.93. The number of aryl methyl sites for hydroxylation is 1. The molecule has 0 saturated carbocycles. The molecule has 0 bridgehead atoms. The lowest BCUT2D eigenvalue weighted by atomic mass is 9.63. The molecule has 0 radical (unpaired) electrons. The van der Waals surface area contributed by atoms with Crippen LogP contribution in [0.2, 0.25) is 0 Å². The number of methoxy groups -OCH3 is 1. The second kappa shape index (κ2) is 6.29. The van der Waals surface area contributed by atoms with E-state index in [9.17, 15) is 0 Å². The normalized spacial score (nSPS) is 23.4. The molecule has 0 unspecified atom stereocenters. The minimum atomic E-state index is -0.373. The second-order valence-corrected chi connectivity index (χ2v) is 8.92. The smallest absolute Gasteiger partial charge is 0.468 e. The van der Waals surface area contributed by atoms with Gasteiger partial charge in [-0.2, -0.15) is 0 Å². The van der Waals surface area contributed by atoms with Gasteiger partial charge in [-0.3, -0.25) is 0 Å². The molecule has 1 heterocycles. The van der Waals surface area contributed by atoms with E-state index in [2.05, 4.69) is 53.7 Å². The van der Waals surface area contributed by atoms with E-state index < -0.39 is 0 Å². The zero-order valence-corrected chi connectivity index (χ0v) is 16.7. The van der Waals surface area contributed by atoms with Crippen molar-refractivity contribution in [3.8, 4) is 5.75 Å². The summed E-state index contributed by atoms with van der Waals surface area (Å²) < 4.78 is 23.6. The van der Waals surface area contributed by atoms with Crippen LogP contribution in [0.4, 0.5) is 0 Å². The highest BCUT2D eigenvalue weighted by Gasteiger charge is 2.53. The molecule has 2 aliphatic rings. The summed E-state index contributed by atoms with van der Waals surface area (Å²) in [5, 5.41) is 0. The van der Waals surface area contributed by atoms with Gasteiger partial charge in [-0.05, 0) is 81.1 Å². The molecule has 0 aromatic heterocycles. The Bertz CT molecular complexity index is 635. The summed E-state index contributed by atoms with van der Waals surface area (Å²) in [7, 11) is 1.26. The van der Waals surface area contributed by atoms with Crippen molar-refractivity contribution in [2.75, 3.05) is 13.9 Å². The third-order valence-electron chi connectivity index (χ3n) is 6.00. The molecule has 1 fully saturated rings. The molecule has 3 rings (SSSR count). The Morgan fingerprint density at radius 3 is 2.28 bits per heavy atom. The number of fused-ring (bicyclic) bond motifs is 1. The molecule has 138 valence electrons. The van der Waals surface area contributed by atoms with Crippen molar-refractivity contribution >= 4 is 12.6 Å². The van der Waals surface area contributed by atoms with Crippen LogP contribution in [0.3, 0.4) is 0 Å². The molecule has 1 aliphatic carbocycles. The average molecular weight is 346 g/mol. The standard InChI is InChI=1S/C20H31BO4/c1-18(2)10-8-9-14-11-15(23-13-22-7)12-16(17(14)18)21-24-19(3,4)20(5,6)25-21/h11-12H,8-10,13H2,1-7H3. The third-order valence-corrected chi connectivity index (χ3v) is 6.00. The largest absolute Gasteiger partial charge is 0.495 e. The van der Waals surface area contributed by atoms with Crippen LogP contribution in [-0.2, 0) is 25.9 Å². The lowest BCUT2D eigenvalue weighted by molar-refractivity contribution is 0.00578. The van der Waals surface area contributed by atoms with Crippen LogP contribution < -0.4 is 10.2 Å². The lowest BCUT2D eigenvalue weighted by Crippen LogP contribution is -2.42. The Kier molecular flexibility index (Phi) is 4.72. The van der Waals surface area contributed by atoms with E-state index in [1.54, 1.807) is 7.11 Å². The van der Waals surface area contributed by atoms with Gasteiger partial charge < -0.3 is 18.8 Å². The molecule has 1 aromatic rings. The van der Waals surface area contributed by atoms with Gasteiger partial charge in [0.2, 0.25) is 0 Å². The first-order valence-corrected chi connectivity index (χ1v) is 9.22. The van der Waals surface area contributed by atoms with Gasteiger partial charge in [-0.1, -0.05) is 13.8 Å². The van der Waals surface area contributed by atoms with Gasteiger partial charge in [0.15, 0.2) is 6.79 Å². The fraction of sp³-hybridized carbons (Fsp3) is 0.700. The number of rotatable bonds is 4. The number of hydrogen-bond acceptors (Lipinski definition) is 4. The highest BCUT2D eigenvalue weighted by atomic mass is 16.7. The maximum atomic E-state index is 6.36. The van der Waals surface area contributed by atoms with Crippen molar-refractivity contribution in [2.45, 2.75) is 77.4 Å². The van der Waals surface area contributed by atoms with E-state index in [-0.39, 0.29) is 30.5 Å². The minimum Gasteiger partial charge on any atom is -0.468 e. The number of ether oxygens (including phenoxy) is 2. The fourth-order valence-corrected chi connectivity index (χ4v) is 3.93. The van der Waals surface area contributed by atoms with Gasteiger partial charge in [-0.25, -0.2) is 0 Å². The maximum Gasteiger partial charge on any atom is 0.495 e. The minimum absolute atomic E-state index is 0.103. The van der Waals surface area contributed by atoms with Crippen molar-refractivity contribution in [1.82, 2.24) is 0 Å². The molecular formula is C20H31BO4. The molecule has 5 heteroatoms. The molecule has 0 spiro atoms. The van der Waals surface area contributed by atoms with Gasteiger partial charge in [-0.15, -0.1) is 0 Å². The zero-order valence-electron chi connectivity index (χ0n) is 16.7. The molecule has 25 heavy (non-hydrogen) atoms. The first kappa shape index (κ1) is 18.7. The monoisotopic (exact) mass is 346 g/mol. The van der Waals surface area contributed by atoms with Crippen molar-refractivity contribution in [1.29, 1.82) is 0 Å². The number of benzene rings is 1. The third kappa shape index (κ3) is 3.34. The van der Waals surface area contributed by atoms with Crippen LogP contribution in [0.15, 0.2) is 12.1 Å². The van der Waals surface area contributed by atoms with Crippen LogP contribution in [0.1, 0.15) is 65.5 Å². The maximum absolute atomic E-state index is 6.36. The van der Waals surface area contributed by atoms with Crippen LogP contribution >= 0.6 is 0 Å². The van der Waals surface area contributed by atoms with Gasteiger partial charge in [0.05, 0.1) is 11.2 Å². The predicted molar refractivity (Wildman–Crippen MR) is 101 cm³/mol. The van der Waals surface area contributed by atoms with E-state index >= 15 is 0 Å². The predicted octanol–water partition coefficient (Wildman–Crippen LogP) is 3.58. The summed E-state index contributed by atoms with van der Waals surface area (Å²) in [5.74, 6) is 0.822. The Labute approximate surface area is 152 Å². The molecule has 1 aromatic carbocycles. The first-order valence-electron chi connectivity index (χ1n) is 9.22. The Morgan fingerprint density at radius 2 is 1.68 bits per heavy atom. The first-order chi connectivity index (χ1) is 11.6. The van der Waals surface area contributed by atoms with Crippen molar-refractivity contribution in [3.05, 3.63) is 23.3 Å². The molecule has 0 amide bonds. The van der Waals surface area contributed by atoms with Gasteiger partial charge >= 0.3 is 7.12 Å². The Morgan fingerprint density at radius 1 is 1.04 bits per heavy atom. The summed E-state index contributed by atoms with van der Waals surface area (Å²) >= 11 is 0. The molecule has 1 aliphatic heterocycles. The van der Waals surface area contributed by atoms with Gasteiger partial charge in [0.25, 0.3) is 0 Å². The van der Waals surface area contributed by atoms with Crippen molar-refractivity contribution in [3.63, 3.8) is 0 Å². The summed E-state index contributed by atoms with van der Waals surface area (Å²) in [5.41, 5.74) is 3.20. The summed E-state index contributed by atoms with van der Waals surface area (Å²) in [6, 6.07) is 4.23. The van der Waals surface area contributed by atoms with E-state index in [1.165, 1.54) is 24.0 Å².